The Kier molecular flexibility index (Phi) is 5.30. The van der Waals surface area contributed by atoms with Gasteiger partial charge in [-0.2, -0.15) is 0 Å². The summed E-state index contributed by atoms with van der Waals surface area (Å²) in [5.41, 5.74) is 6.64. The average molecular weight is 293 g/mol. The molecule has 114 valence electrons. The summed E-state index contributed by atoms with van der Waals surface area (Å²) in [4.78, 5) is 24.2. The van der Waals surface area contributed by atoms with Gasteiger partial charge in [-0.05, 0) is 19.1 Å². The first-order valence-electron chi connectivity index (χ1n) is 7.07. The maximum atomic E-state index is 11.8. The predicted molar refractivity (Wildman–Crippen MR) is 75.7 cm³/mol. The quantitative estimate of drug-likeness (QED) is 0.692. The van der Waals surface area contributed by atoms with Gasteiger partial charge in [-0.1, -0.05) is 12.1 Å². The number of nitrogens with one attached hydrogen (secondary N) is 1. The first-order chi connectivity index (χ1) is 10.1. The topological polar surface area (TPSA) is 83.1 Å². The van der Waals surface area contributed by atoms with Gasteiger partial charge in [0, 0.05) is 5.56 Å². The Morgan fingerprint density at radius 3 is 2.48 bits per heavy atom. The van der Waals surface area contributed by atoms with E-state index >= 15 is 0 Å². The Labute approximate surface area is 123 Å². The molecule has 1 aromatic carbocycles. The minimum Gasteiger partial charge on any atom is -0.449 e. The number of benzene rings is 1. The van der Waals surface area contributed by atoms with Crippen molar-refractivity contribution in [3.63, 3.8) is 0 Å². The van der Waals surface area contributed by atoms with E-state index in [1.54, 1.807) is 12.1 Å². The van der Waals surface area contributed by atoms with Crippen molar-refractivity contribution in [3.05, 3.63) is 35.4 Å². The van der Waals surface area contributed by atoms with Crippen molar-refractivity contribution in [1.82, 2.24) is 0 Å². The van der Waals surface area contributed by atoms with Crippen LogP contribution in [0.15, 0.2) is 24.3 Å². The number of amides is 1. The number of carbonyl (C=O) groups excluding carboxylic acids is 2. The van der Waals surface area contributed by atoms with Crippen LogP contribution in [0.25, 0.3) is 0 Å². The summed E-state index contributed by atoms with van der Waals surface area (Å²) in [7, 11) is 0. The number of primary amides is 1. The lowest BCUT2D eigenvalue weighted by molar-refractivity contribution is -0.921. The SMILES string of the molecule is C[C@H](OC(=O)c1ccc(C[NH+]2CCOCC2)cc1)C(N)=O. The van der Waals surface area contributed by atoms with Gasteiger partial charge in [0.05, 0.1) is 18.8 Å². The first-order valence-corrected chi connectivity index (χ1v) is 7.07. The summed E-state index contributed by atoms with van der Waals surface area (Å²) in [5.74, 6) is -1.19. The van der Waals surface area contributed by atoms with E-state index in [1.165, 1.54) is 11.8 Å². The molecule has 0 saturated carbocycles. The number of ether oxygens (including phenoxy) is 2. The van der Waals surface area contributed by atoms with Gasteiger partial charge < -0.3 is 20.1 Å². The van der Waals surface area contributed by atoms with Crippen LogP contribution in [0.3, 0.4) is 0 Å². The molecule has 1 amide bonds. The summed E-state index contributed by atoms with van der Waals surface area (Å²) in [5, 5.41) is 0. The molecule has 3 N–H and O–H groups in total. The van der Waals surface area contributed by atoms with Crippen molar-refractivity contribution in [2.45, 2.75) is 19.6 Å². The fourth-order valence-corrected chi connectivity index (χ4v) is 2.17. The lowest BCUT2D eigenvalue weighted by atomic mass is 10.1. The van der Waals surface area contributed by atoms with Crippen LogP contribution in [0, 0.1) is 0 Å². The third-order valence-corrected chi connectivity index (χ3v) is 3.53. The molecule has 6 nitrogen and oxygen atoms in total. The third kappa shape index (κ3) is 4.54. The van der Waals surface area contributed by atoms with Crippen LogP contribution in [0.2, 0.25) is 0 Å². The van der Waals surface area contributed by atoms with Crippen LogP contribution in [-0.2, 0) is 20.8 Å². The fraction of sp³-hybridized carbons (Fsp3) is 0.467. The number of hydrogen-bond acceptors (Lipinski definition) is 4. The number of carbonyl (C=O) groups is 2. The molecular weight excluding hydrogens is 272 g/mol. The van der Waals surface area contributed by atoms with Gasteiger partial charge in [0.25, 0.3) is 5.91 Å². The second-order valence-corrected chi connectivity index (χ2v) is 5.19. The molecule has 0 unspecified atom stereocenters. The third-order valence-electron chi connectivity index (χ3n) is 3.53. The maximum Gasteiger partial charge on any atom is 0.338 e. The van der Waals surface area contributed by atoms with E-state index in [2.05, 4.69) is 0 Å². The molecule has 1 atom stereocenters. The predicted octanol–water partition coefficient (Wildman–Crippen LogP) is -0.868. The zero-order chi connectivity index (χ0) is 15.2. The van der Waals surface area contributed by atoms with Crippen molar-refractivity contribution in [1.29, 1.82) is 0 Å². The molecule has 21 heavy (non-hydrogen) atoms. The summed E-state index contributed by atoms with van der Waals surface area (Å²) in [6.07, 6.45) is -0.921. The summed E-state index contributed by atoms with van der Waals surface area (Å²) in [6.45, 7) is 5.96. The monoisotopic (exact) mass is 293 g/mol. The number of hydrogen-bond donors (Lipinski definition) is 2. The minimum atomic E-state index is -0.921. The summed E-state index contributed by atoms with van der Waals surface area (Å²) >= 11 is 0. The highest BCUT2D eigenvalue weighted by molar-refractivity contribution is 5.91. The summed E-state index contributed by atoms with van der Waals surface area (Å²) < 4.78 is 10.3. The molecule has 2 rings (SSSR count). The molecule has 1 fully saturated rings. The van der Waals surface area contributed by atoms with Crippen molar-refractivity contribution in [2.75, 3.05) is 26.3 Å². The molecule has 0 spiro atoms. The molecule has 1 aromatic rings. The van der Waals surface area contributed by atoms with Gasteiger partial charge >= 0.3 is 5.97 Å². The highest BCUT2D eigenvalue weighted by Gasteiger charge is 2.17. The Morgan fingerprint density at radius 1 is 1.29 bits per heavy atom. The number of rotatable bonds is 5. The highest BCUT2D eigenvalue weighted by atomic mass is 16.5. The number of nitrogens with two attached hydrogens (primary N) is 1. The van der Waals surface area contributed by atoms with E-state index in [4.69, 9.17) is 15.2 Å². The van der Waals surface area contributed by atoms with Gasteiger partial charge in [-0.3, -0.25) is 4.79 Å². The van der Waals surface area contributed by atoms with E-state index in [9.17, 15) is 9.59 Å². The lowest BCUT2D eigenvalue weighted by Crippen LogP contribution is -3.12. The van der Waals surface area contributed by atoms with Gasteiger partial charge in [-0.25, -0.2) is 4.79 Å². The maximum absolute atomic E-state index is 11.8. The minimum absolute atomic E-state index is 0.420. The van der Waals surface area contributed by atoms with Crippen LogP contribution < -0.4 is 10.6 Å². The van der Waals surface area contributed by atoms with E-state index in [1.807, 2.05) is 12.1 Å². The Morgan fingerprint density at radius 2 is 1.90 bits per heavy atom. The second-order valence-electron chi connectivity index (χ2n) is 5.19. The molecule has 1 saturated heterocycles. The summed E-state index contributed by atoms with van der Waals surface area (Å²) in [6, 6.07) is 7.25. The van der Waals surface area contributed by atoms with Crippen molar-refractivity contribution in [3.8, 4) is 0 Å². The smallest absolute Gasteiger partial charge is 0.338 e. The van der Waals surface area contributed by atoms with Crippen LogP contribution in [0.1, 0.15) is 22.8 Å². The van der Waals surface area contributed by atoms with Crippen LogP contribution in [0.5, 0.6) is 0 Å². The van der Waals surface area contributed by atoms with E-state index < -0.39 is 18.0 Å². The zero-order valence-electron chi connectivity index (χ0n) is 12.1. The van der Waals surface area contributed by atoms with E-state index in [0.29, 0.717) is 5.56 Å². The van der Waals surface area contributed by atoms with Crippen LogP contribution >= 0.6 is 0 Å². The number of esters is 1. The molecule has 6 heteroatoms. The Bertz CT molecular complexity index is 495. The molecule has 0 aliphatic carbocycles. The first kappa shape index (κ1) is 15.5. The molecule has 1 aliphatic rings. The average Bonchev–Trinajstić information content (AvgIpc) is 2.48. The van der Waals surface area contributed by atoms with Crippen LogP contribution in [-0.4, -0.2) is 44.3 Å². The molecule has 0 radical (unpaired) electrons. The zero-order valence-corrected chi connectivity index (χ0v) is 12.1. The Balaban J connectivity index is 1.91. The largest absolute Gasteiger partial charge is 0.449 e. The van der Waals surface area contributed by atoms with Gasteiger partial charge in [0.1, 0.15) is 19.6 Å². The van der Waals surface area contributed by atoms with Gasteiger partial charge in [0.2, 0.25) is 0 Å². The van der Waals surface area contributed by atoms with Crippen LogP contribution in [0.4, 0.5) is 0 Å². The number of morpholine rings is 1. The highest BCUT2D eigenvalue weighted by Crippen LogP contribution is 2.07. The fourth-order valence-electron chi connectivity index (χ4n) is 2.17. The van der Waals surface area contributed by atoms with Crippen molar-refractivity contribution in [2.24, 2.45) is 5.73 Å². The van der Waals surface area contributed by atoms with Gasteiger partial charge in [-0.15, -0.1) is 0 Å². The Hall–Kier alpha value is -1.92. The second kappa shape index (κ2) is 7.19. The number of quaternary nitrogens is 1. The van der Waals surface area contributed by atoms with E-state index in [-0.39, 0.29) is 0 Å². The lowest BCUT2D eigenvalue weighted by Gasteiger charge is -2.23. The molecule has 0 aromatic heterocycles. The van der Waals surface area contributed by atoms with Crippen molar-refractivity contribution >= 4 is 11.9 Å². The molecule has 0 bridgehead atoms. The molecular formula is C15H21N2O4+. The van der Waals surface area contributed by atoms with Crippen molar-refractivity contribution < 1.29 is 24.0 Å². The van der Waals surface area contributed by atoms with Gasteiger partial charge in [0.15, 0.2) is 6.10 Å². The normalized spacial score (nSPS) is 17.2. The standard InChI is InChI=1S/C15H20N2O4/c1-11(14(16)18)21-15(19)13-4-2-12(3-5-13)10-17-6-8-20-9-7-17/h2-5,11H,6-10H2,1H3,(H2,16,18)/p+1/t11-/m0/s1. The van der Waals surface area contributed by atoms with E-state index in [0.717, 1.165) is 38.4 Å². The molecule has 1 aliphatic heterocycles. The molecule has 1 heterocycles.